The van der Waals surface area contributed by atoms with E-state index in [2.05, 4.69) is 4.90 Å². The lowest BCUT2D eigenvalue weighted by atomic mass is 9.56. The van der Waals surface area contributed by atoms with Gasteiger partial charge in [0, 0.05) is 31.2 Å². The minimum Gasteiger partial charge on any atom is -0.478 e. The van der Waals surface area contributed by atoms with E-state index >= 15 is 0 Å². The number of likely N-dealkylation sites (tertiary alicyclic amines) is 1. The third-order valence-corrected chi connectivity index (χ3v) is 5.79. The van der Waals surface area contributed by atoms with Crippen molar-refractivity contribution in [3.63, 3.8) is 0 Å². The predicted molar refractivity (Wildman–Crippen MR) is 82.9 cm³/mol. The molecule has 2 unspecified atom stereocenters. The number of ether oxygens (including phenoxy) is 1. The Bertz CT molecular complexity index is 558. The smallest absolute Gasteiger partial charge is 0.335 e. The van der Waals surface area contributed by atoms with Gasteiger partial charge in [0.2, 0.25) is 0 Å². The largest absolute Gasteiger partial charge is 0.478 e. The molecule has 0 bridgehead atoms. The lowest BCUT2D eigenvalue weighted by molar-refractivity contribution is -0.176. The van der Waals surface area contributed by atoms with E-state index in [0.717, 1.165) is 13.2 Å². The van der Waals surface area contributed by atoms with Gasteiger partial charge in [-0.05, 0) is 43.4 Å². The molecule has 1 aliphatic carbocycles. The summed E-state index contributed by atoms with van der Waals surface area (Å²) >= 11 is 0. The fourth-order valence-corrected chi connectivity index (χ4v) is 4.58. The summed E-state index contributed by atoms with van der Waals surface area (Å²) in [6, 6.07) is 7.88. The molecular formula is C18H23NO3. The summed E-state index contributed by atoms with van der Waals surface area (Å²) in [5, 5.41) is 8.98. The van der Waals surface area contributed by atoms with Gasteiger partial charge in [0.05, 0.1) is 11.7 Å². The minimum atomic E-state index is -0.860. The maximum Gasteiger partial charge on any atom is 0.335 e. The van der Waals surface area contributed by atoms with Gasteiger partial charge >= 0.3 is 5.97 Å². The molecule has 1 N–H and O–H groups in total. The Morgan fingerprint density at radius 2 is 2.05 bits per heavy atom. The van der Waals surface area contributed by atoms with E-state index in [4.69, 9.17) is 9.84 Å². The van der Waals surface area contributed by atoms with Crippen molar-refractivity contribution < 1.29 is 14.6 Å². The minimum absolute atomic E-state index is 0.360. The molecule has 2 heterocycles. The molecule has 1 aromatic rings. The molecule has 0 radical (unpaired) electrons. The summed E-state index contributed by atoms with van der Waals surface area (Å²) in [6.45, 7) is 3.00. The van der Waals surface area contributed by atoms with E-state index < -0.39 is 5.97 Å². The molecule has 1 saturated carbocycles. The van der Waals surface area contributed by atoms with Gasteiger partial charge < -0.3 is 9.84 Å². The molecule has 22 heavy (non-hydrogen) atoms. The third kappa shape index (κ3) is 2.25. The molecule has 4 heteroatoms. The number of carboxylic acid groups (broad SMARTS) is 1. The van der Waals surface area contributed by atoms with Crippen LogP contribution in [0.1, 0.15) is 48.0 Å². The van der Waals surface area contributed by atoms with Crippen LogP contribution >= 0.6 is 0 Å². The lowest BCUT2D eigenvalue weighted by Crippen LogP contribution is -2.70. The second-order valence-electron chi connectivity index (χ2n) is 7.12. The van der Waals surface area contributed by atoms with Gasteiger partial charge in [0.25, 0.3) is 0 Å². The van der Waals surface area contributed by atoms with Crippen molar-refractivity contribution in [1.82, 2.24) is 4.90 Å². The Balaban J connectivity index is 1.46. The molecule has 2 saturated heterocycles. The van der Waals surface area contributed by atoms with Crippen LogP contribution in [0.15, 0.2) is 24.3 Å². The molecule has 1 spiro atoms. The van der Waals surface area contributed by atoms with Crippen molar-refractivity contribution in [1.29, 1.82) is 0 Å². The van der Waals surface area contributed by atoms with E-state index in [1.165, 1.54) is 44.2 Å². The average molecular weight is 301 g/mol. The second-order valence-corrected chi connectivity index (χ2v) is 7.12. The number of benzene rings is 1. The fraction of sp³-hybridized carbons (Fsp3) is 0.611. The maximum absolute atomic E-state index is 10.9. The number of carbonyl (C=O) groups is 1. The van der Waals surface area contributed by atoms with E-state index in [-0.39, 0.29) is 0 Å². The maximum atomic E-state index is 10.9. The zero-order valence-electron chi connectivity index (χ0n) is 12.8. The summed E-state index contributed by atoms with van der Waals surface area (Å²) in [5.74, 6) is -0.860. The number of hydrogen-bond acceptors (Lipinski definition) is 3. The molecule has 4 rings (SSSR count). The van der Waals surface area contributed by atoms with Gasteiger partial charge in [0.1, 0.15) is 0 Å². The van der Waals surface area contributed by atoms with E-state index in [1.54, 1.807) is 12.1 Å². The highest BCUT2D eigenvalue weighted by atomic mass is 16.5. The molecule has 118 valence electrons. The van der Waals surface area contributed by atoms with Crippen LogP contribution in [0, 0.1) is 5.41 Å². The first-order valence-electron chi connectivity index (χ1n) is 8.36. The predicted octanol–water partition coefficient (Wildman–Crippen LogP) is 2.92. The molecule has 0 aromatic heterocycles. The van der Waals surface area contributed by atoms with Crippen LogP contribution in [0.2, 0.25) is 0 Å². The Kier molecular flexibility index (Phi) is 3.46. The molecular weight excluding hydrogens is 278 g/mol. The molecule has 4 nitrogen and oxygen atoms in total. The van der Waals surface area contributed by atoms with Crippen LogP contribution in [-0.4, -0.2) is 41.3 Å². The summed E-state index contributed by atoms with van der Waals surface area (Å²) in [4.78, 5) is 13.5. The SMILES string of the molecule is O=C(O)c1ccc(CN2CC3(CCC3)C2C2CCCO2)cc1. The van der Waals surface area contributed by atoms with E-state index in [9.17, 15) is 4.79 Å². The number of carboxylic acids is 1. The van der Waals surface area contributed by atoms with Crippen LogP contribution < -0.4 is 0 Å². The van der Waals surface area contributed by atoms with Gasteiger partial charge in [-0.2, -0.15) is 0 Å². The first-order chi connectivity index (χ1) is 10.7. The number of hydrogen-bond donors (Lipinski definition) is 1. The Morgan fingerprint density at radius 3 is 2.59 bits per heavy atom. The van der Waals surface area contributed by atoms with Crippen molar-refractivity contribution in [2.45, 2.75) is 50.8 Å². The third-order valence-electron chi connectivity index (χ3n) is 5.79. The Labute approximate surface area is 131 Å². The molecule has 1 aromatic carbocycles. The Morgan fingerprint density at radius 1 is 1.27 bits per heavy atom. The molecule has 0 amide bonds. The highest BCUT2D eigenvalue weighted by molar-refractivity contribution is 5.87. The Hall–Kier alpha value is -1.39. The van der Waals surface area contributed by atoms with Gasteiger partial charge in [-0.25, -0.2) is 4.79 Å². The standard InChI is InChI=1S/C18H23NO3/c20-17(21)14-6-4-13(5-7-14)11-19-12-18(8-2-9-18)16(19)15-3-1-10-22-15/h4-7,15-16H,1-3,8-12H2,(H,20,21). The van der Waals surface area contributed by atoms with Crippen LogP contribution in [0.5, 0.6) is 0 Å². The first kappa shape index (κ1) is 14.2. The van der Waals surface area contributed by atoms with Crippen molar-refractivity contribution >= 4 is 5.97 Å². The van der Waals surface area contributed by atoms with Crippen molar-refractivity contribution in [3.05, 3.63) is 35.4 Å². The summed E-state index contributed by atoms with van der Waals surface area (Å²) < 4.78 is 5.99. The number of rotatable bonds is 4. The van der Waals surface area contributed by atoms with Crippen LogP contribution in [-0.2, 0) is 11.3 Å². The quantitative estimate of drug-likeness (QED) is 0.929. The van der Waals surface area contributed by atoms with Gasteiger partial charge in [-0.3, -0.25) is 4.90 Å². The number of aromatic carboxylic acids is 1. The normalized spacial score (nSPS) is 30.0. The van der Waals surface area contributed by atoms with Gasteiger partial charge in [-0.1, -0.05) is 18.6 Å². The van der Waals surface area contributed by atoms with E-state index in [0.29, 0.717) is 23.1 Å². The van der Waals surface area contributed by atoms with Gasteiger partial charge in [-0.15, -0.1) is 0 Å². The van der Waals surface area contributed by atoms with Crippen molar-refractivity contribution in [2.24, 2.45) is 5.41 Å². The average Bonchev–Trinajstić information content (AvgIpc) is 2.94. The molecule has 3 aliphatic rings. The lowest BCUT2D eigenvalue weighted by Gasteiger charge is -2.64. The van der Waals surface area contributed by atoms with Crippen molar-refractivity contribution in [2.75, 3.05) is 13.2 Å². The highest BCUT2D eigenvalue weighted by Gasteiger charge is 2.58. The van der Waals surface area contributed by atoms with Crippen LogP contribution in [0.4, 0.5) is 0 Å². The molecule has 3 fully saturated rings. The zero-order valence-corrected chi connectivity index (χ0v) is 12.8. The van der Waals surface area contributed by atoms with Crippen LogP contribution in [0.25, 0.3) is 0 Å². The zero-order chi connectivity index (χ0) is 15.2. The second kappa shape index (κ2) is 5.36. The highest BCUT2D eigenvalue weighted by Crippen LogP contribution is 2.55. The monoisotopic (exact) mass is 301 g/mol. The summed E-state index contributed by atoms with van der Waals surface area (Å²) in [7, 11) is 0. The fourth-order valence-electron chi connectivity index (χ4n) is 4.58. The molecule has 2 aliphatic heterocycles. The van der Waals surface area contributed by atoms with Crippen molar-refractivity contribution in [3.8, 4) is 0 Å². The number of nitrogens with zero attached hydrogens (tertiary/aromatic N) is 1. The summed E-state index contributed by atoms with van der Waals surface area (Å²) in [6.07, 6.45) is 6.87. The molecule has 2 atom stereocenters. The topological polar surface area (TPSA) is 49.8 Å². The first-order valence-corrected chi connectivity index (χ1v) is 8.36. The van der Waals surface area contributed by atoms with E-state index in [1.807, 2.05) is 12.1 Å². The van der Waals surface area contributed by atoms with Crippen LogP contribution in [0.3, 0.4) is 0 Å². The summed E-state index contributed by atoms with van der Waals surface area (Å²) in [5.41, 5.74) is 2.08. The van der Waals surface area contributed by atoms with Gasteiger partial charge in [0.15, 0.2) is 0 Å².